The van der Waals surface area contributed by atoms with Gasteiger partial charge in [-0.25, -0.2) is 28.6 Å². The summed E-state index contributed by atoms with van der Waals surface area (Å²) in [7, 11) is -16.4. The third-order valence-electron chi connectivity index (χ3n) is 9.12. The Labute approximate surface area is 361 Å². The van der Waals surface area contributed by atoms with Crippen LogP contribution in [0.4, 0.5) is 5.82 Å². The van der Waals surface area contributed by atoms with Gasteiger partial charge >= 0.3 is 23.5 Å². The number of nitrogens with one attached hydrogen (secondary N) is 2. The first-order valence-corrected chi connectivity index (χ1v) is 25.1. The number of aromatic nitrogens is 4. The smallest absolute Gasteiger partial charge is 0.386 e. The lowest BCUT2D eigenvalue weighted by molar-refractivity contribution is -0.137. The van der Waals surface area contributed by atoms with Gasteiger partial charge in [0.05, 0.1) is 26.0 Å². The number of ether oxygens (including phenoxy) is 1. The van der Waals surface area contributed by atoms with Crippen LogP contribution < -0.4 is 16.4 Å². The maximum atomic E-state index is 12.7. The molecule has 0 aromatic carbocycles. The molecule has 2 aromatic heterocycles. The Bertz CT molecular complexity index is 1970. The minimum absolute atomic E-state index is 0.0279. The van der Waals surface area contributed by atoms with E-state index < -0.39 is 84.6 Å². The molecule has 0 saturated carbocycles. The Morgan fingerprint density at radius 2 is 1.61 bits per heavy atom. The number of thioether (sulfide) groups is 1. The van der Waals surface area contributed by atoms with Crippen molar-refractivity contribution >= 4 is 75.6 Å². The fourth-order valence-corrected chi connectivity index (χ4v) is 9.46. The van der Waals surface area contributed by atoms with E-state index in [2.05, 4.69) is 41.3 Å². The maximum absolute atomic E-state index is 12.7. The molecule has 1 fully saturated rings. The summed E-state index contributed by atoms with van der Waals surface area (Å²) in [5, 5.41) is 26.5. The van der Waals surface area contributed by atoms with Crippen molar-refractivity contribution in [3.05, 3.63) is 12.7 Å². The Hall–Kier alpha value is -2.77. The van der Waals surface area contributed by atoms with Crippen LogP contribution in [-0.2, 0) is 55.5 Å². The molecule has 352 valence electrons. The monoisotopic (exact) mass is 963 g/mol. The second kappa shape index (κ2) is 24.5. The number of ketones is 2. The van der Waals surface area contributed by atoms with Crippen LogP contribution in [0.25, 0.3) is 11.2 Å². The summed E-state index contributed by atoms with van der Waals surface area (Å²) < 4.78 is 62.3. The van der Waals surface area contributed by atoms with Gasteiger partial charge in [-0.15, -0.1) is 0 Å². The van der Waals surface area contributed by atoms with Crippen LogP contribution in [0.5, 0.6) is 0 Å². The van der Waals surface area contributed by atoms with E-state index in [0.29, 0.717) is 17.9 Å². The van der Waals surface area contributed by atoms with Crippen LogP contribution in [0.15, 0.2) is 12.7 Å². The highest BCUT2D eigenvalue weighted by Crippen LogP contribution is 2.61. The van der Waals surface area contributed by atoms with Gasteiger partial charge in [0.25, 0.3) is 0 Å². The maximum Gasteiger partial charge on any atom is 0.481 e. The van der Waals surface area contributed by atoms with E-state index in [4.69, 9.17) is 19.5 Å². The fourth-order valence-electron chi connectivity index (χ4n) is 5.81. The molecule has 1 aliphatic heterocycles. The number of hydrogen-bond acceptors (Lipinski definition) is 19. The van der Waals surface area contributed by atoms with Gasteiger partial charge in [-0.1, -0.05) is 46.5 Å². The standard InChI is InChI=1S/C33H56N7O18P3S/c1-4-5-6-7-8-9-21(41)16-22(42)11-14-62-15-13-35-24(43)10-12-36-31(46)28(45)33(2,3)18-55-61(52,53)58-60(50,51)54-17-23-27(57-59(47,48)49)26(44)32(56-23)40-20-39-25-29(34)37-19-38-30(25)40/h19-20,23,26-28,32,44-45H,4-18H2,1-3H3,(H,35,43)(H,36,46)(H,50,51)(H,52,53)(H2,34,37,38)(H2,47,48,49)/t23-,26-,27-,28+,32-/m1/s1. The number of nitrogens with zero attached hydrogens (tertiary/aromatic N) is 4. The fraction of sp³-hybridized carbons (Fsp3) is 0.727. The third kappa shape index (κ3) is 18.0. The molecule has 25 nitrogen and oxygen atoms in total. The van der Waals surface area contributed by atoms with Gasteiger partial charge in [-0.2, -0.15) is 16.1 Å². The molecule has 2 amide bonds. The number of imidazole rings is 1. The van der Waals surface area contributed by atoms with E-state index in [0.717, 1.165) is 49.3 Å². The molecule has 2 unspecified atom stereocenters. The molecule has 0 spiro atoms. The van der Waals surface area contributed by atoms with Crippen molar-refractivity contribution in [1.29, 1.82) is 0 Å². The van der Waals surface area contributed by atoms with E-state index >= 15 is 0 Å². The number of carbonyl (C=O) groups excluding carboxylic acids is 4. The van der Waals surface area contributed by atoms with E-state index in [1.165, 1.54) is 25.6 Å². The van der Waals surface area contributed by atoms with Gasteiger partial charge in [0, 0.05) is 49.3 Å². The SMILES string of the molecule is CCCCCCCC(=O)CC(=O)CCSCCNC(=O)CCNC(=O)[C@H](O)C(C)(C)COP(=O)(O)OP(=O)(O)OC[C@H]1O[C@@H](n2cnc3c(N)ncnc32)[C@H](O)[C@@H]1OP(=O)(O)O. The topological polar surface area (TPSA) is 381 Å². The minimum Gasteiger partial charge on any atom is -0.386 e. The van der Waals surface area contributed by atoms with Crippen molar-refractivity contribution in [2.24, 2.45) is 5.41 Å². The Kier molecular flexibility index (Phi) is 21.2. The summed E-state index contributed by atoms with van der Waals surface area (Å²) >= 11 is 1.44. The number of rotatable bonds is 30. The van der Waals surface area contributed by atoms with Crippen LogP contribution in [0, 0.1) is 5.41 Å². The molecule has 1 saturated heterocycles. The highest BCUT2D eigenvalue weighted by Gasteiger charge is 2.50. The van der Waals surface area contributed by atoms with E-state index in [-0.39, 0.29) is 60.9 Å². The Morgan fingerprint density at radius 3 is 2.31 bits per heavy atom. The van der Waals surface area contributed by atoms with Crippen molar-refractivity contribution in [2.75, 3.05) is 43.5 Å². The van der Waals surface area contributed by atoms with E-state index in [1.807, 2.05) is 0 Å². The minimum atomic E-state index is -5.58. The van der Waals surface area contributed by atoms with Crippen molar-refractivity contribution in [1.82, 2.24) is 30.2 Å². The molecule has 29 heteroatoms. The largest absolute Gasteiger partial charge is 0.481 e. The molecule has 1 aliphatic rings. The summed E-state index contributed by atoms with van der Waals surface area (Å²) in [6.45, 7) is 2.68. The normalized spacial score (nSPS) is 20.7. The number of unbranched alkanes of at least 4 members (excludes halogenated alkanes) is 4. The number of nitrogens with two attached hydrogens (primary N) is 1. The van der Waals surface area contributed by atoms with Gasteiger partial charge in [0.1, 0.15) is 47.8 Å². The number of Topliss-reactive ketones (excluding diaryl/α,β-unsaturated/α-hetero) is 2. The summed E-state index contributed by atoms with van der Waals surface area (Å²) in [4.78, 5) is 99.9. The van der Waals surface area contributed by atoms with E-state index in [9.17, 15) is 62.7 Å². The van der Waals surface area contributed by atoms with Gasteiger partial charge in [0.15, 0.2) is 17.7 Å². The lowest BCUT2D eigenvalue weighted by Gasteiger charge is -2.30. The van der Waals surface area contributed by atoms with Crippen molar-refractivity contribution in [2.45, 2.75) is 109 Å². The van der Waals surface area contributed by atoms with Gasteiger partial charge in [0.2, 0.25) is 11.8 Å². The second-order valence-electron chi connectivity index (χ2n) is 14.9. The average Bonchev–Trinajstić information content (AvgIpc) is 3.74. The molecule has 0 bridgehead atoms. The number of carbonyl (C=O) groups is 4. The number of aliphatic hydroxyl groups is 2. The van der Waals surface area contributed by atoms with Crippen LogP contribution in [0.2, 0.25) is 0 Å². The van der Waals surface area contributed by atoms with Crippen molar-refractivity contribution in [3.63, 3.8) is 0 Å². The molecule has 3 heterocycles. The molecule has 7 atom stereocenters. The second-order valence-corrected chi connectivity index (χ2v) is 20.3. The number of aliphatic hydroxyl groups excluding tert-OH is 2. The first-order valence-electron chi connectivity index (χ1n) is 19.5. The number of hydrogen-bond donors (Lipinski definition) is 9. The first kappa shape index (κ1) is 53.6. The summed E-state index contributed by atoms with van der Waals surface area (Å²) in [6, 6.07) is 0. The lowest BCUT2D eigenvalue weighted by atomic mass is 9.87. The molecule has 0 aliphatic carbocycles. The average molecular weight is 964 g/mol. The first-order chi connectivity index (χ1) is 28.9. The number of phosphoric ester groups is 3. The predicted molar refractivity (Wildman–Crippen MR) is 220 cm³/mol. The Balaban J connectivity index is 1.38. The highest BCUT2D eigenvalue weighted by molar-refractivity contribution is 7.99. The lowest BCUT2D eigenvalue weighted by Crippen LogP contribution is -2.46. The summed E-state index contributed by atoms with van der Waals surface area (Å²) in [6.07, 6.45) is -1.21. The summed E-state index contributed by atoms with van der Waals surface area (Å²) in [5.74, 6) is -0.586. The molecular weight excluding hydrogens is 907 g/mol. The molecular formula is C33H56N7O18P3S. The molecule has 2 aromatic rings. The van der Waals surface area contributed by atoms with Crippen LogP contribution in [-0.4, -0.2) is 135 Å². The van der Waals surface area contributed by atoms with Gasteiger partial charge in [-0.3, -0.25) is 37.3 Å². The molecule has 0 radical (unpaired) electrons. The zero-order chi connectivity index (χ0) is 46.3. The Morgan fingerprint density at radius 1 is 0.935 bits per heavy atom. The third-order valence-corrected chi connectivity index (χ3v) is 13.2. The summed E-state index contributed by atoms with van der Waals surface area (Å²) in [5.41, 5.74) is 4.26. The molecule has 3 rings (SSSR count). The quantitative estimate of drug-likeness (QED) is 0.0304. The zero-order valence-corrected chi connectivity index (χ0v) is 37.8. The predicted octanol–water partition coefficient (Wildman–Crippen LogP) is 1.42. The zero-order valence-electron chi connectivity index (χ0n) is 34.3. The van der Waals surface area contributed by atoms with Gasteiger partial charge in [-0.05, 0) is 6.42 Å². The highest BCUT2D eigenvalue weighted by atomic mass is 32.2. The van der Waals surface area contributed by atoms with E-state index in [1.54, 1.807) is 0 Å². The number of nitrogen functional groups attached to an aromatic ring is 1. The molecule has 10 N–H and O–H groups in total. The van der Waals surface area contributed by atoms with Crippen LogP contribution in [0.3, 0.4) is 0 Å². The van der Waals surface area contributed by atoms with Crippen LogP contribution in [0.1, 0.15) is 84.8 Å². The van der Waals surface area contributed by atoms with Crippen LogP contribution >= 0.6 is 35.2 Å². The van der Waals surface area contributed by atoms with Crippen molar-refractivity contribution < 1.29 is 85.3 Å². The number of fused-ring (bicyclic) bond motifs is 1. The van der Waals surface area contributed by atoms with Gasteiger partial charge < -0.3 is 50.9 Å². The number of anilines is 1. The van der Waals surface area contributed by atoms with Crippen molar-refractivity contribution in [3.8, 4) is 0 Å². The number of amides is 2. The molecule has 62 heavy (non-hydrogen) atoms. The number of phosphoric acid groups is 3.